The van der Waals surface area contributed by atoms with Crippen LogP contribution in [0.1, 0.15) is 43.9 Å². The zero-order valence-electron chi connectivity index (χ0n) is 17.3. The lowest BCUT2D eigenvalue weighted by atomic mass is 10.1. The maximum atomic E-state index is 13.1. The molecule has 0 aliphatic rings. The minimum Gasteiger partial charge on any atom is -0.352 e. The van der Waals surface area contributed by atoms with Gasteiger partial charge in [-0.2, -0.15) is 0 Å². The van der Waals surface area contributed by atoms with E-state index in [-0.39, 0.29) is 30.8 Å². The van der Waals surface area contributed by atoms with Crippen LogP contribution in [0.4, 0.5) is 0 Å². The number of carbonyl (C=O) groups excluding carboxylic acids is 2. The second kappa shape index (κ2) is 10.7. The van der Waals surface area contributed by atoms with E-state index in [1.807, 2.05) is 51.1 Å². The molecule has 2 atom stereocenters. The SMILES string of the molecule is CC[C@H](C)NC(=O)[C@H](C)N(Cc1ccc(Cl)c(Cl)c1)C(=O)Cc1ccc(C)cc1. The summed E-state index contributed by atoms with van der Waals surface area (Å²) in [5.41, 5.74) is 2.87. The third-order valence-corrected chi connectivity index (χ3v) is 5.72. The number of aryl methyl sites for hydroxylation is 1. The van der Waals surface area contributed by atoms with Gasteiger partial charge in [0.1, 0.15) is 6.04 Å². The lowest BCUT2D eigenvalue weighted by molar-refractivity contribution is -0.140. The molecule has 2 aromatic rings. The number of nitrogens with zero attached hydrogens (tertiary/aromatic N) is 1. The molecule has 0 saturated heterocycles. The molecule has 2 amide bonds. The van der Waals surface area contributed by atoms with E-state index < -0.39 is 6.04 Å². The van der Waals surface area contributed by atoms with E-state index in [4.69, 9.17) is 23.2 Å². The van der Waals surface area contributed by atoms with E-state index in [1.54, 1.807) is 24.0 Å². The summed E-state index contributed by atoms with van der Waals surface area (Å²) in [6.45, 7) is 7.98. The molecule has 6 heteroatoms. The molecular formula is C23H28Cl2N2O2. The molecule has 0 heterocycles. The number of halogens is 2. The first kappa shape index (κ1) is 23.2. The summed E-state index contributed by atoms with van der Waals surface area (Å²) >= 11 is 12.1. The monoisotopic (exact) mass is 434 g/mol. The first-order valence-electron chi connectivity index (χ1n) is 9.80. The zero-order valence-corrected chi connectivity index (χ0v) is 18.8. The molecule has 156 valence electrons. The quantitative estimate of drug-likeness (QED) is 0.622. The number of hydrogen-bond donors (Lipinski definition) is 1. The summed E-state index contributed by atoms with van der Waals surface area (Å²) in [6, 6.07) is 12.5. The molecule has 0 unspecified atom stereocenters. The van der Waals surface area contributed by atoms with Crippen LogP contribution in [-0.2, 0) is 22.6 Å². The molecule has 2 rings (SSSR count). The molecule has 4 nitrogen and oxygen atoms in total. The topological polar surface area (TPSA) is 49.4 Å². The molecule has 0 fully saturated rings. The number of hydrogen-bond acceptors (Lipinski definition) is 2. The second-order valence-corrected chi connectivity index (χ2v) is 8.24. The van der Waals surface area contributed by atoms with Crippen molar-refractivity contribution in [2.45, 2.75) is 59.2 Å². The Bertz CT molecular complexity index is 852. The van der Waals surface area contributed by atoms with Crippen molar-refractivity contribution < 1.29 is 9.59 Å². The lowest BCUT2D eigenvalue weighted by Crippen LogP contribution is -2.49. The first-order chi connectivity index (χ1) is 13.7. The molecular weight excluding hydrogens is 407 g/mol. The maximum Gasteiger partial charge on any atom is 0.242 e. The highest BCUT2D eigenvalue weighted by Gasteiger charge is 2.27. The van der Waals surface area contributed by atoms with Gasteiger partial charge in [-0.15, -0.1) is 0 Å². The van der Waals surface area contributed by atoms with Crippen molar-refractivity contribution in [1.82, 2.24) is 10.2 Å². The fraction of sp³-hybridized carbons (Fsp3) is 0.391. The fourth-order valence-corrected chi connectivity index (χ4v) is 3.19. The maximum absolute atomic E-state index is 13.1. The van der Waals surface area contributed by atoms with Crippen molar-refractivity contribution in [1.29, 1.82) is 0 Å². The van der Waals surface area contributed by atoms with Gasteiger partial charge in [0.25, 0.3) is 0 Å². The van der Waals surface area contributed by atoms with E-state index in [0.29, 0.717) is 10.0 Å². The average molecular weight is 435 g/mol. The van der Waals surface area contributed by atoms with E-state index in [1.165, 1.54) is 0 Å². The van der Waals surface area contributed by atoms with E-state index >= 15 is 0 Å². The van der Waals surface area contributed by atoms with Gasteiger partial charge in [0, 0.05) is 12.6 Å². The highest BCUT2D eigenvalue weighted by molar-refractivity contribution is 6.42. The Hall–Kier alpha value is -2.04. The minimum atomic E-state index is -0.614. The third-order valence-electron chi connectivity index (χ3n) is 4.98. The van der Waals surface area contributed by atoms with Crippen molar-refractivity contribution in [3.63, 3.8) is 0 Å². The smallest absolute Gasteiger partial charge is 0.242 e. The molecule has 0 aliphatic heterocycles. The highest BCUT2D eigenvalue weighted by Crippen LogP contribution is 2.24. The van der Waals surface area contributed by atoms with Crippen LogP contribution in [0, 0.1) is 6.92 Å². The Morgan fingerprint density at radius 2 is 1.62 bits per heavy atom. The molecule has 2 aromatic carbocycles. The third kappa shape index (κ3) is 6.76. The van der Waals surface area contributed by atoms with Gasteiger partial charge in [-0.1, -0.05) is 66.0 Å². The molecule has 0 spiro atoms. The van der Waals surface area contributed by atoms with Crippen LogP contribution in [0.5, 0.6) is 0 Å². The summed E-state index contributed by atoms with van der Waals surface area (Å²) in [7, 11) is 0. The summed E-state index contributed by atoms with van der Waals surface area (Å²) in [6.07, 6.45) is 1.05. The first-order valence-corrected chi connectivity index (χ1v) is 10.6. The average Bonchev–Trinajstić information content (AvgIpc) is 2.69. The zero-order chi connectivity index (χ0) is 21.6. The van der Waals surface area contributed by atoms with Crippen molar-refractivity contribution in [2.24, 2.45) is 0 Å². The van der Waals surface area contributed by atoms with Crippen molar-refractivity contribution in [3.8, 4) is 0 Å². The predicted octanol–water partition coefficient (Wildman–Crippen LogP) is 5.18. The summed E-state index contributed by atoms with van der Waals surface area (Å²) in [4.78, 5) is 27.5. The summed E-state index contributed by atoms with van der Waals surface area (Å²) in [5, 5.41) is 3.84. The Kier molecular flexibility index (Phi) is 8.54. The Morgan fingerprint density at radius 1 is 1.00 bits per heavy atom. The van der Waals surface area contributed by atoms with Crippen LogP contribution in [0.25, 0.3) is 0 Å². The number of carbonyl (C=O) groups is 2. The standard InChI is InChI=1S/C23H28Cl2N2O2/c1-5-16(3)26-23(29)17(4)27(14-19-10-11-20(24)21(25)12-19)22(28)13-18-8-6-15(2)7-9-18/h6-12,16-17H,5,13-14H2,1-4H3,(H,26,29)/t16-,17-/m0/s1. The number of rotatable bonds is 8. The van der Waals surface area contributed by atoms with Gasteiger partial charge in [0.2, 0.25) is 11.8 Å². The van der Waals surface area contributed by atoms with Crippen LogP contribution in [0.2, 0.25) is 10.0 Å². The van der Waals surface area contributed by atoms with E-state index in [9.17, 15) is 9.59 Å². The Morgan fingerprint density at radius 3 is 2.21 bits per heavy atom. The number of benzene rings is 2. The highest BCUT2D eigenvalue weighted by atomic mass is 35.5. The molecule has 29 heavy (non-hydrogen) atoms. The largest absolute Gasteiger partial charge is 0.352 e. The van der Waals surface area contributed by atoms with Gasteiger partial charge in [-0.3, -0.25) is 9.59 Å². The second-order valence-electron chi connectivity index (χ2n) is 7.43. The van der Waals surface area contributed by atoms with E-state index in [0.717, 1.165) is 23.1 Å². The number of amides is 2. The molecule has 0 bridgehead atoms. The minimum absolute atomic E-state index is 0.0453. The summed E-state index contributed by atoms with van der Waals surface area (Å²) < 4.78 is 0. The normalized spacial score (nSPS) is 12.9. The predicted molar refractivity (Wildman–Crippen MR) is 119 cm³/mol. The van der Waals surface area contributed by atoms with Gasteiger partial charge >= 0.3 is 0 Å². The van der Waals surface area contributed by atoms with Crippen LogP contribution < -0.4 is 5.32 Å². The summed E-state index contributed by atoms with van der Waals surface area (Å²) in [5.74, 6) is -0.289. The van der Waals surface area contributed by atoms with Gasteiger partial charge in [-0.25, -0.2) is 0 Å². The van der Waals surface area contributed by atoms with Gasteiger partial charge in [-0.05, 0) is 50.5 Å². The Labute approximate surface area is 183 Å². The van der Waals surface area contributed by atoms with E-state index in [2.05, 4.69) is 5.32 Å². The van der Waals surface area contributed by atoms with Crippen LogP contribution >= 0.6 is 23.2 Å². The molecule has 0 aliphatic carbocycles. The van der Waals surface area contributed by atoms with Gasteiger partial charge in [0.05, 0.1) is 16.5 Å². The van der Waals surface area contributed by atoms with Gasteiger partial charge < -0.3 is 10.2 Å². The Balaban J connectivity index is 2.25. The van der Waals surface area contributed by atoms with Crippen LogP contribution in [-0.4, -0.2) is 28.8 Å². The lowest BCUT2D eigenvalue weighted by Gasteiger charge is -2.30. The van der Waals surface area contributed by atoms with Crippen LogP contribution in [0.15, 0.2) is 42.5 Å². The van der Waals surface area contributed by atoms with Gasteiger partial charge in [0.15, 0.2) is 0 Å². The van der Waals surface area contributed by atoms with Crippen LogP contribution in [0.3, 0.4) is 0 Å². The van der Waals surface area contributed by atoms with Crippen molar-refractivity contribution in [3.05, 3.63) is 69.2 Å². The number of nitrogens with one attached hydrogen (secondary N) is 1. The molecule has 0 radical (unpaired) electrons. The molecule has 0 saturated carbocycles. The molecule has 0 aromatic heterocycles. The van der Waals surface area contributed by atoms with Crippen molar-refractivity contribution >= 4 is 35.0 Å². The van der Waals surface area contributed by atoms with Crippen molar-refractivity contribution in [2.75, 3.05) is 0 Å². The fourth-order valence-electron chi connectivity index (χ4n) is 2.86. The molecule has 1 N–H and O–H groups in total.